The number of nitrogens with one attached hydrogen (secondary N) is 2. The average Bonchev–Trinajstić information content (AvgIpc) is 2.97. The van der Waals surface area contributed by atoms with Crippen molar-refractivity contribution in [3.8, 4) is 0 Å². The molecule has 1 aromatic heterocycles. The fourth-order valence-corrected chi connectivity index (χ4v) is 3.51. The Morgan fingerprint density at radius 3 is 2.88 bits per heavy atom. The van der Waals surface area contributed by atoms with E-state index in [0.717, 1.165) is 18.5 Å². The van der Waals surface area contributed by atoms with E-state index >= 15 is 0 Å². The number of carbonyl (C=O) groups is 2. The fourth-order valence-electron chi connectivity index (χ4n) is 3.51. The van der Waals surface area contributed by atoms with Crippen LogP contribution in [0.2, 0.25) is 0 Å². The minimum absolute atomic E-state index is 0.0169. The van der Waals surface area contributed by atoms with Crippen LogP contribution < -0.4 is 10.6 Å². The lowest BCUT2D eigenvalue weighted by Crippen LogP contribution is -2.53. The topological polar surface area (TPSA) is 85.2 Å². The summed E-state index contributed by atoms with van der Waals surface area (Å²) >= 11 is 0. The van der Waals surface area contributed by atoms with Crippen molar-refractivity contribution in [2.75, 3.05) is 7.11 Å². The molecule has 2 heterocycles. The van der Waals surface area contributed by atoms with E-state index in [9.17, 15) is 9.59 Å². The number of ether oxygens (including phenoxy) is 1. The van der Waals surface area contributed by atoms with E-state index < -0.39 is 0 Å². The summed E-state index contributed by atoms with van der Waals surface area (Å²) in [5.74, 6) is 0.0957. The molecule has 7 heteroatoms. The van der Waals surface area contributed by atoms with E-state index in [1.165, 1.54) is 0 Å². The van der Waals surface area contributed by atoms with Crippen LogP contribution >= 0.6 is 0 Å². The van der Waals surface area contributed by atoms with Gasteiger partial charge in [-0.25, -0.2) is 0 Å². The quantitative estimate of drug-likeness (QED) is 0.850. The molecule has 3 rings (SSSR count). The SMILES string of the molecule is COC1CC(C(=O)N[C@@H]2CCC(=O)N[C@H]2c2ccnn2C(C)C)C1. The van der Waals surface area contributed by atoms with Crippen LogP contribution in [0.4, 0.5) is 0 Å². The summed E-state index contributed by atoms with van der Waals surface area (Å²) in [6.45, 7) is 4.10. The van der Waals surface area contributed by atoms with E-state index in [0.29, 0.717) is 12.8 Å². The maximum Gasteiger partial charge on any atom is 0.223 e. The number of amides is 2. The smallest absolute Gasteiger partial charge is 0.223 e. The van der Waals surface area contributed by atoms with E-state index in [2.05, 4.69) is 15.7 Å². The summed E-state index contributed by atoms with van der Waals surface area (Å²) in [5, 5.41) is 10.5. The first-order valence-corrected chi connectivity index (χ1v) is 8.65. The Hall–Kier alpha value is -1.89. The van der Waals surface area contributed by atoms with Gasteiger partial charge in [0.2, 0.25) is 11.8 Å². The summed E-state index contributed by atoms with van der Waals surface area (Å²) in [6.07, 6.45) is 4.56. The Morgan fingerprint density at radius 2 is 2.21 bits per heavy atom. The van der Waals surface area contributed by atoms with Crippen molar-refractivity contribution in [2.45, 2.75) is 63.8 Å². The number of hydrogen-bond acceptors (Lipinski definition) is 4. The Morgan fingerprint density at radius 1 is 1.46 bits per heavy atom. The summed E-state index contributed by atoms with van der Waals surface area (Å²) < 4.78 is 7.15. The predicted octanol–water partition coefficient (Wildman–Crippen LogP) is 1.32. The lowest BCUT2D eigenvalue weighted by molar-refractivity contribution is -0.135. The molecule has 1 saturated heterocycles. The largest absolute Gasteiger partial charge is 0.381 e. The molecule has 1 aliphatic carbocycles. The minimum atomic E-state index is -0.238. The Kier molecular flexibility index (Phi) is 4.89. The van der Waals surface area contributed by atoms with E-state index in [4.69, 9.17) is 4.74 Å². The van der Waals surface area contributed by atoms with Crippen molar-refractivity contribution in [1.29, 1.82) is 0 Å². The van der Waals surface area contributed by atoms with Crippen LogP contribution in [0.5, 0.6) is 0 Å². The second-order valence-corrected chi connectivity index (χ2v) is 7.02. The first kappa shape index (κ1) is 17.0. The maximum absolute atomic E-state index is 12.5. The van der Waals surface area contributed by atoms with Crippen LogP contribution in [0, 0.1) is 5.92 Å². The van der Waals surface area contributed by atoms with Crippen molar-refractivity contribution in [2.24, 2.45) is 5.92 Å². The molecular formula is C17H26N4O3. The number of piperidine rings is 1. The molecule has 7 nitrogen and oxygen atoms in total. The van der Waals surface area contributed by atoms with Gasteiger partial charge in [-0.3, -0.25) is 14.3 Å². The number of carbonyl (C=O) groups excluding carboxylic acids is 2. The van der Waals surface area contributed by atoms with Crippen molar-refractivity contribution in [3.05, 3.63) is 18.0 Å². The molecule has 24 heavy (non-hydrogen) atoms. The standard InChI is InChI=1S/C17H26N4O3/c1-10(2)21-14(6-7-18-21)16-13(4-5-15(22)20-16)19-17(23)11-8-12(9-11)24-3/h6-7,10-13,16H,4-5,8-9H2,1-3H3,(H,19,23)(H,20,22)/t11?,12?,13-,16-/m1/s1. The fraction of sp³-hybridized carbons (Fsp3) is 0.706. The molecule has 2 aliphatic rings. The predicted molar refractivity (Wildman–Crippen MR) is 88.2 cm³/mol. The highest BCUT2D eigenvalue weighted by atomic mass is 16.5. The zero-order valence-corrected chi connectivity index (χ0v) is 14.5. The van der Waals surface area contributed by atoms with E-state index in [1.807, 2.05) is 24.6 Å². The highest BCUT2D eigenvalue weighted by Crippen LogP contribution is 2.31. The van der Waals surface area contributed by atoms with Crippen molar-refractivity contribution < 1.29 is 14.3 Å². The Bertz CT molecular complexity index is 607. The van der Waals surface area contributed by atoms with Gasteiger partial charge in [0.15, 0.2) is 0 Å². The molecule has 2 amide bonds. The molecular weight excluding hydrogens is 308 g/mol. The molecule has 1 saturated carbocycles. The molecule has 1 aromatic rings. The molecule has 0 unspecified atom stereocenters. The molecule has 1 aliphatic heterocycles. The van der Waals surface area contributed by atoms with Gasteiger partial charge < -0.3 is 15.4 Å². The second-order valence-electron chi connectivity index (χ2n) is 7.02. The van der Waals surface area contributed by atoms with Crippen LogP contribution in [0.1, 0.15) is 57.3 Å². The summed E-state index contributed by atoms with van der Waals surface area (Å²) in [6, 6.07) is 1.77. The maximum atomic E-state index is 12.5. The van der Waals surface area contributed by atoms with Gasteiger partial charge in [0.1, 0.15) is 0 Å². The molecule has 0 bridgehead atoms. The molecule has 132 valence electrons. The van der Waals surface area contributed by atoms with Crippen LogP contribution in [0.15, 0.2) is 12.3 Å². The number of hydrogen-bond donors (Lipinski definition) is 2. The van der Waals surface area contributed by atoms with Gasteiger partial charge in [0, 0.05) is 31.7 Å². The third kappa shape index (κ3) is 3.31. The van der Waals surface area contributed by atoms with Gasteiger partial charge in [0.05, 0.1) is 23.9 Å². The van der Waals surface area contributed by atoms with Gasteiger partial charge in [-0.15, -0.1) is 0 Å². The minimum Gasteiger partial charge on any atom is -0.381 e. The van der Waals surface area contributed by atoms with Crippen molar-refractivity contribution in [1.82, 2.24) is 20.4 Å². The second kappa shape index (κ2) is 6.93. The van der Waals surface area contributed by atoms with Gasteiger partial charge in [0.25, 0.3) is 0 Å². The Labute approximate surface area is 142 Å². The van der Waals surface area contributed by atoms with E-state index in [1.54, 1.807) is 13.3 Å². The molecule has 2 N–H and O–H groups in total. The third-order valence-electron chi connectivity index (χ3n) is 5.04. The van der Waals surface area contributed by atoms with Crippen LogP contribution in [-0.4, -0.2) is 40.9 Å². The van der Waals surface area contributed by atoms with Gasteiger partial charge in [-0.1, -0.05) is 0 Å². The van der Waals surface area contributed by atoms with Crippen LogP contribution in [0.3, 0.4) is 0 Å². The molecule has 0 aromatic carbocycles. The first-order valence-electron chi connectivity index (χ1n) is 8.65. The normalized spacial score (nSPS) is 29.9. The highest BCUT2D eigenvalue weighted by Gasteiger charge is 2.38. The lowest BCUT2D eigenvalue weighted by atomic mass is 9.81. The zero-order valence-electron chi connectivity index (χ0n) is 14.5. The zero-order chi connectivity index (χ0) is 17.3. The number of methoxy groups -OCH3 is 1. The van der Waals surface area contributed by atoms with Gasteiger partial charge >= 0.3 is 0 Å². The molecule has 0 spiro atoms. The summed E-state index contributed by atoms with van der Waals surface area (Å²) in [4.78, 5) is 24.4. The lowest BCUT2D eigenvalue weighted by Gasteiger charge is -2.37. The average molecular weight is 334 g/mol. The van der Waals surface area contributed by atoms with Crippen molar-refractivity contribution in [3.63, 3.8) is 0 Å². The monoisotopic (exact) mass is 334 g/mol. The van der Waals surface area contributed by atoms with Crippen LogP contribution in [0.25, 0.3) is 0 Å². The molecule has 2 atom stereocenters. The van der Waals surface area contributed by atoms with Crippen molar-refractivity contribution >= 4 is 11.8 Å². The molecule has 2 fully saturated rings. The Balaban J connectivity index is 1.71. The van der Waals surface area contributed by atoms with E-state index in [-0.39, 0.29) is 42.0 Å². The highest BCUT2D eigenvalue weighted by molar-refractivity contribution is 5.81. The summed E-state index contributed by atoms with van der Waals surface area (Å²) in [7, 11) is 1.68. The van der Waals surface area contributed by atoms with Gasteiger partial charge in [-0.2, -0.15) is 5.10 Å². The third-order valence-corrected chi connectivity index (χ3v) is 5.04. The number of nitrogens with zero attached hydrogens (tertiary/aromatic N) is 2. The molecule has 0 radical (unpaired) electrons. The number of aromatic nitrogens is 2. The van der Waals surface area contributed by atoms with Crippen LogP contribution in [-0.2, 0) is 14.3 Å². The first-order chi connectivity index (χ1) is 11.5. The van der Waals surface area contributed by atoms with Gasteiger partial charge in [-0.05, 0) is 39.2 Å². The summed E-state index contributed by atoms with van der Waals surface area (Å²) in [5.41, 5.74) is 0.937. The number of rotatable bonds is 5.